The van der Waals surface area contributed by atoms with Crippen LogP contribution in [0.15, 0.2) is 47.4 Å². The monoisotopic (exact) mass is 617 g/mol. The number of aryl methyl sites for hydroxylation is 1. The van der Waals surface area contributed by atoms with E-state index >= 15 is 0 Å². The van der Waals surface area contributed by atoms with Crippen molar-refractivity contribution in [2.45, 2.75) is 39.3 Å². The van der Waals surface area contributed by atoms with E-state index in [1.807, 2.05) is 6.92 Å². The number of pyridine rings is 2. The summed E-state index contributed by atoms with van der Waals surface area (Å²) in [6, 6.07) is 8.28. The van der Waals surface area contributed by atoms with Gasteiger partial charge in [0.2, 0.25) is 5.88 Å². The van der Waals surface area contributed by atoms with Crippen LogP contribution in [0.2, 0.25) is 0 Å². The summed E-state index contributed by atoms with van der Waals surface area (Å²) in [6.07, 6.45) is 0.420. The summed E-state index contributed by atoms with van der Waals surface area (Å²) in [7, 11) is 3.14. The minimum absolute atomic E-state index is 0.00882. The maximum absolute atomic E-state index is 13.5. The Morgan fingerprint density at radius 3 is 2.55 bits per heavy atom. The van der Waals surface area contributed by atoms with E-state index < -0.39 is 30.2 Å². The number of carbonyl (C=O) groups excluding carboxylic acids is 2. The molecule has 0 spiro atoms. The summed E-state index contributed by atoms with van der Waals surface area (Å²) in [4.78, 5) is 45.0. The van der Waals surface area contributed by atoms with Gasteiger partial charge in [0.25, 0.3) is 17.4 Å². The Balaban J connectivity index is 1.68. The quantitative estimate of drug-likeness (QED) is 0.298. The molecule has 0 aliphatic carbocycles. The van der Waals surface area contributed by atoms with Crippen molar-refractivity contribution >= 4 is 17.6 Å². The number of likely N-dealkylation sites (tertiary alicyclic amines) is 1. The minimum atomic E-state index is -3.12. The molecule has 0 bridgehead atoms. The number of alkyl halides is 3. The average molecular weight is 618 g/mol. The summed E-state index contributed by atoms with van der Waals surface area (Å²) in [5, 5.41) is 5.84. The number of methoxy groups -OCH3 is 1. The Labute approximate surface area is 251 Å². The zero-order valence-electron chi connectivity index (χ0n) is 24.7. The fraction of sp³-hybridized carbons (Fsp3) is 0.400. The van der Waals surface area contributed by atoms with Crippen molar-refractivity contribution in [2.75, 3.05) is 38.7 Å². The SMILES string of the molecule is CCOc1cc(-c2ccc(OC(F)F)cc2C(=O)N2CC(F)C2)cc(NC(=O)c2cc(CNC[C@H](C)OC)cn(C)c2=O)n1. The number of halogens is 3. The third-order valence-corrected chi connectivity index (χ3v) is 6.87. The lowest BCUT2D eigenvalue weighted by molar-refractivity contribution is -0.0499. The molecule has 236 valence electrons. The van der Waals surface area contributed by atoms with Crippen molar-refractivity contribution < 1.29 is 37.0 Å². The average Bonchev–Trinajstić information content (AvgIpc) is 2.96. The number of anilines is 1. The highest BCUT2D eigenvalue weighted by Crippen LogP contribution is 2.33. The first-order valence-electron chi connectivity index (χ1n) is 13.9. The first-order chi connectivity index (χ1) is 21.0. The number of ether oxygens (including phenoxy) is 3. The largest absolute Gasteiger partial charge is 0.478 e. The molecular weight excluding hydrogens is 583 g/mol. The summed E-state index contributed by atoms with van der Waals surface area (Å²) >= 11 is 0. The molecule has 0 saturated carbocycles. The number of hydrogen-bond acceptors (Lipinski definition) is 8. The zero-order valence-corrected chi connectivity index (χ0v) is 24.7. The van der Waals surface area contributed by atoms with Gasteiger partial charge < -0.3 is 34.3 Å². The van der Waals surface area contributed by atoms with Crippen LogP contribution in [-0.4, -0.2) is 78.5 Å². The van der Waals surface area contributed by atoms with Gasteiger partial charge in [-0.3, -0.25) is 14.4 Å². The molecule has 2 aromatic heterocycles. The molecule has 11 nitrogen and oxygen atoms in total. The Morgan fingerprint density at radius 1 is 1.14 bits per heavy atom. The van der Waals surface area contributed by atoms with E-state index in [-0.39, 0.29) is 59.9 Å². The number of amides is 2. The number of rotatable bonds is 13. The lowest BCUT2D eigenvalue weighted by atomic mass is 9.97. The maximum Gasteiger partial charge on any atom is 0.387 e. The number of aromatic nitrogens is 2. The van der Waals surface area contributed by atoms with Gasteiger partial charge in [0, 0.05) is 39.5 Å². The number of hydrogen-bond donors (Lipinski definition) is 2. The molecule has 2 N–H and O–H groups in total. The number of benzene rings is 1. The number of carbonyl (C=O) groups is 2. The van der Waals surface area contributed by atoms with Crippen molar-refractivity contribution in [1.82, 2.24) is 19.8 Å². The van der Waals surface area contributed by atoms with Crippen molar-refractivity contribution in [3.63, 3.8) is 0 Å². The van der Waals surface area contributed by atoms with Crippen LogP contribution in [-0.2, 0) is 18.3 Å². The van der Waals surface area contributed by atoms with Crippen LogP contribution in [0.1, 0.15) is 40.1 Å². The van der Waals surface area contributed by atoms with Crippen molar-refractivity contribution in [3.8, 4) is 22.8 Å². The molecule has 0 unspecified atom stereocenters. The van der Waals surface area contributed by atoms with Gasteiger partial charge in [-0.05, 0) is 60.9 Å². The molecule has 44 heavy (non-hydrogen) atoms. The lowest BCUT2D eigenvalue weighted by Gasteiger charge is -2.34. The van der Waals surface area contributed by atoms with Crippen LogP contribution in [0.4, 0.5) is 19.0 Å². The Kier molecular flexibility index (Phi) is 10.6. The van der Waals surface area contributed by atoms with Crippen LogP contribution in [0.25, 0.3) is 11.1 Å². The van der Waals surface area contributed by atoms with Gasteiger partial charge in [-0.25, -0.2) is 4.39 Å². The first kappa shape index (κ1) is 32.5. The van der Waals surface area contributed by atoms with Crippen molar-refractivity contribution in [3.05, 3.63) is 69.6 Å². The molecule has 1 saturated heterocycles. The Hall–Kier alpha value is -4.43. The smallest absolute Gasteiger partial charge is 0.387 e. The van der Waals surface area contributed by atoms with E-state index in [0.29, 0.717) is 24.2 Å². The van der Waals surface area contributed by atoms with Crippen LogP contribution < -0.4 is 25.7 Å². The topological polar surface area (TPSA) is 124 Å². The summed E-state index contributed by atoms with van der Waals surface area (Å²) in [5.41, 5.74) is 0.652. The van der Waals surface area contributed by atoms with E-state index in [2.05, 4.69) is 20.4 Å². The number of nitrogens with zero attached hydrogens (tertiary/aromatic N) is 3. The minimum Gasteiger partial charge on any atom is -0.478 e. The predicted octanol–water partition coefficient (Wildman–Crippen LogP) is 3.62. The van der Waals surface area contributed by atoms with Gasteiger partial charge in [-0.2, -0.15) is 13.8 Å². The second kappa shape index (κ2) is 14.4. The number of nitrogens with one attached hydrogen (secondary N) is 2. The summed E-state index contributed by atoms with van der Waals surface area (Å²) in [6.45, 7) is 1.41. The zero-order chi connectivity index (χ0) is 32.0. The molecular formula is C30H34F3N5O6. The molecule has 1 aliphatic heterocycles. The van der Waals surface area contributed by atoms with Crippen LogP contribution in [0, 0.1) is 0 Å². The van der Waals surface area contributed by atoms with Crippen molar-refractivity contribution in [1.29, 1.82) is 0 Å². The standard InChI is InChI=1S/C30H34F3N5O6/c1-5-43-26-10-19(22-7-6-21(44-30(32)33)11-23(22)29(41)38-15-20(31)16-38)9-25(35-26)36-27(39)24-8-18(14-37(3)28(24)40)13-34-12-17(2)42-4/h6-11,14,17,20,30,34H,5,12-13,15-16H2,1-4H3,(H,35,36,39)/t17-/m0/s1. The third-order valence-electron chi connectivity index (χ3n) is 6.87. The highest BCUT2D eigenvalue weighted by molar-refractivity contribution is 6.05. The first-order valence-corrected chi connectivity index (χ1v) is 13.9. The van der Waals surface area contributed by atoms with Gasteiger partial charge in [0.15, 0.2) is 0 Å². The van der Waals surface area contributed by atoms with Gasteiger partial charge in [-0.15, -0.1) is 0 Å². The third kappa shape index (κ3) is 7.94. The van der Waals surface area contributed by atoms with E-state index in [9.17, 15) is 27.6 Å². The van der Waals surface area contributed by atoms with Crippen LogP contribution in [0.5, 0.6) is 11.6 Å². The molecule has 1 atom stereocenters. The highest BCUT2D eigenvalue weighted by Gasteiger charge is 2.32. The lowest BCUT2D eigenvalue weighted by Crippen LogP contribution is -2.51. The van der Waals surface area contributed by atoms with Crippen LogP contribution >= 0.6 is 0 Å². The fourth-order valence-electron chi connectivity index (χ4n) is 4.56. The highest BCUT2D eigenvalue weighted by atomic mass is 19.3. The molecule has 1 fully saturated rings. The van der Waals surface area contributed by atoms with Gasteiger partial charge >= 0.3 is 6.61 Å². The molecule has 0 radical (unpaired) electrons. The normalized spacial score (nSPS) is 13.9. The Bertz CT molecular complexity index is 1560. The molecule has 3 heterocycles. The molecule has 1 aliphatic rings. The molecule has 3 aromatic rings. The van der Waals surface area contributed by atoms with E-state index in [0.717, 1.165) is 6.07 Å². The van der Waals surface area contributed by atoms with Crippen molar-refractivity contribution in [2.24, 2.45) is 7.05 Å². The second-order valence-electron chi connectivity index (χ2n) is 10.2. The summed E-state index contributed by atoms with van der Waals surface area (Å²) < 4.78 is 56.0. The van der Waals surface area contributed by atoms with Gasteiger partial charge in [0.05, 0.1) is 31.4 Å². The molecule has 2 amide bonds. The molecule has 4 rings (SSSR count). The van der Waals surface area contributed by atoms with E-state index in [1.54, 1.807) is 20.2 Å². The Morgan fingerprint density at radius 2 is 1.89 bits per heavy atom. The maximum atomic E-state index is 13.5. The van der Waals surface area contributed by atoms with Crippen LogP contribution in [0.3, 0.4) is 0 Å². The van der Waals surface area contributed by atoms with Gasteiger partial charge in [0.1, 0.15) is 23.3 Å². The van der Waals surface area contributed by atoms with E-state index in [4.69, 9.17) is 9.47 Å². The fourth-order valence-corrected chi connectivity index (χ4v) is 4.56. The molecule has 14 heteroatoms. The predicted molar refractivity (Wildman–Crippen MR) is 156 cm³/mol. The molecule has 1 aromatic carbocycles. The second-order valence-corrected chi connectivity index (χ2v) is 10.2. The van der Waals surface area contributed by atoms with E-state index in [1.165, 1.54) is 46.8 Å². The summed E-state index contributed by atoms with van der Waals surface area (Å²) in [5.74, 6) is -1.45. The van der Waals surface area contributed by atoms with Gasteiger partial charge in [-0.1, -0.05) is 0 Å².